The number of benzene rings is 1. The number of aryl methyl sites for hydroxylation is 2. The van der Waals surface area contributed by atoms with Gasteiger partial charge in [-0.1, -0.05) is 30.0 Å². The zero-order valence-corrected chi connectivity index (χ0v) is 17.2. The molecular weight excluding hydrogens is 386 g/mol. The van der Waals surface area contributed by atoms with E-state index >= 15 is 0 Å². The fourth-order valence-electron chi connectivity index (χ4n) is 3.09. The third kappa shape index (κ3) is 5.10. The zero-order valence-electron chi connectivity index (χ0n) is 15.6. The van der Waals surface area contributed by atoms with E-state index in [1.807, 2.05) is 32.0 Å². The van der Waals surface area contributed by atoms with Crippen LogP contribution in [0.3, 0.4) is 0 Å². The second-order valence-electron chi connectivity index (χ2n) is 6.95. The number of sulfone groups is 1. The Labute approximate surface area is 163 Å². The lowest BCUT2D eigenvalue weighted by atomic mass is 10.1. The minimum Gasteiger partial charge on any atom is -0.416 e. The van der Waals surface area contributed by atoms with Crippen molar-refractivity contribution in [1.82, 2.24) is 10.2 Å². The van der Waals surface area contributed by atoms with Crippen LogP contribution in [0.5, 0.6) is 0 Å². The summed E-state index contributed by atoms with van der Waals surface area (Å²) in [5.74, 6) is 0.703. The van der Waals surface area contributed by atoms with E-state index in [-0.39, 0.29) is 23.3 Å². The van der Waals surface area contributed by atoms with Gasteiger partial charge in [-0.2, -0.15) is 0 Å². The number of nitrogens with zero attached hydrogens (tertiary/aromatic N) is 2. The van der Waals surface area contributed by atoms with Gasteiger partial charge in [0.05, 0.1) is 16.8 Å². The summed E-state index contributed by atoms with van der Waals surface area (Å²) < 4.78 is 28.7. The van der Waals surface area contributed by atoms with E-state index in [0.717, 1.165) is 16.8 Å². The number of thioether (sulfide) groups is 1. The summed E-state index contributed by atoms with van der Waals surface area (Å²) in [5.41, 5.74) is 2.84. The molecule has 0 aliphatic carbocycles. The number of amides is 1. The molecule has 27 heavy (non-hydrogen) atoms. The van der Waals surface area contributed by atoms with E-state index in [9.17, 15) is 13.2 Å². The first-order valence-corrected chi connectivity index (χ1v) is 11.5. The van der Waals surface area contributed by atoms with Crippen LogP contribution in [0.2, 0.25) is 0 Å². The molecule has 1 amide bonds. The van der Waals surface area contributed by atoms with E-state index in [1.165, 1.54) is 11.8 Å². The van der Waals surface area contributed by atoms with Crippen molar-refractivity contribution in [2.24, 2.45) is 5.92 Å². The number of carbonyl (C=O) groups excluding carboxylic acids is 1. The maximum absolute atomic E-state index is 12.5. The minimum absolute atomic E-state index is 0.0260. The highest BCUT2D eigenvalue weighted by atomic mass is 32.2. The molecule has 1 aliphatic heterocycles. The molecule has 1 aromatic heterocycles. The second kappa shape index (κ2) is 8.02. The molecule has 1 aromatic carbocycles. The lowest BCUT2D eigenvalue weighted by Crippen LogP contribution is -2.23. The SMILES string of the molecule is Cc1cccc(C)c1NC(=O)[C@@H](C)Sc1nnc(C[C@@H]2CCS(=O)(=O)C2)o1. The molecule has 9 heteroatoms. The van der Waals surface area contributed by atoms with E-state index < -0.39 is 15.1 Å². The third-order valence-electron chi connectivity index (χ3n) is 4.61. The molecule has 2 atom stereocenters. The van der Waals surface area contributed by atoms with Crippen molar-refractivity contribution in [3.8, 4) is 0 Å². The second-order valence-corrected chi connectivity index (χ2v) is 10.5. The van der Waals surface area contributed by atoms with Crippen molar-refractivity contribution in [2.45, 2.75) is 44.1 Å². The molecule has 1 fully saturated rings. The van der Waals surface area contributed by atoms with Gasteiger partial charge in [-0.05, 0) is 44.2 Å². The van der Waals surface area contributed by atoms with Crippen LogP contribution in [-0.4, -0.2) is 41.3 Å². The molecule has 1 aliphatic rings. The van der Waals surface area contributed by atoms with Crippen LogP contribution in [0.25, 0.3) is 0 Å². The normalized spacial score (nSPS) is 19.7. The molecule has 0 spiro atoms. The van der Waals surface area contributed by atoms with Crippen LogP contribution in [0, 0.1) is 19.8 Å². The van der Waals surface area contributed by atoms with E-state index in [0.29, 0.717) is 24.0 Å². The molecule has 2 heterocycles. The highest BCUT2D eigenvalue weighted by Crippen LogP contribution is 2.27. The topological polar surface area (TPSA) is 102 Å². The number of nitrogens with one attached hydrogen (secondary N) is 1. The Kier molecular flexibility index (Phi) is 5.90. The summed E-state index contributed by atoms with van der Waals surface area (Å²) in [4.78, 5) is 12.5. The Morgan fingerprint density at radius 3 is 2.67 bits per heavy atom. The number of carbonyl (C=O) groups is 1. The van der Waals surface area contributed by atoms with Crippen LogP contribution in [0.1, 0.15) is 30.4 Å². The van der Waals surface area contributed by atoms with Crippen LogP contribution in [0.4, 0.5) is 5.69 Å². The van der Waals surface area contributed by atoms with Crippen molar-refractivity contribution in [1.29, 1.82) is 0 Å². The number of para-hydroxylation sites is 1. The standard InChI is InChI=1S/C18H23N3O4S2/c1-11-5-4-6-12(2)16(11)19-17(22)13(3)26-18-21-20-15(25-18)9-14-7-8-27(23,24)10-14/h4-6,13-14H,7-10H2,1-3H3,(H,19,22)/t13-,14+/m1/s1. The maximum Gasteiger partial charge on any atom is 0.277 e. The Balaban J connectivity index is 1.57. The Morgan fingerprint density at radius 2 is 2.04 bits per heavy atom. The van der Waals surface area contributed by atoms with Crippen molar-refractivity contribution in [2.75, 3.05) is 16.8 Å². The van der Waals surface area contributed by atoms with Crippen molar-refractivity contribution in [3.05, 3.63) is 35.2 Å². The quantitative estimate of drug-likeness (QED) is 0.732. The van der Waals surface area contributed by atoms with E-state index in [4.69, 9.17) is 4.42 Å². The van der Waals surface area contributed by atoms with Gasteiger partial charge in [0.1, 0.15) is 0 Å². The van der Waals surface area contributed by atoms with Crippen molar-refractivity contribution in [3.63, 3.8) is 0 Å². The van der Waals surface area contributed by atoms with Gasteiger partial charge in [0.2, 0.25) is 11.8 Å². The fourth-order valence-corrected chi connectivity index (χ4v) is 5.65. The van der Waals surface area contributed by atoms with Gasteiger partial charge in [0.25, 0.3) is 5.22 Å². The lowest BCUT2D eigenvalue weighted by Gasteiger charge is -2.14. The first kappa shape index (κ1) is 19.9. The maximum atomic E-state index is 12.5. The molecule has 2 aromatic rings. The summed E-state index contributed by atoms with van der Waals surface area (Å²) in [6.07, 6.45) is 1.08. The molecule has 146 valence electrons. The Morgan fingerprint density at radius 1 is 1.33 bits per heavy atom. The molecular formula is C18H23N3O4S2. The van der Waals surface area contributed by atoms with E-state index in [2.05, 4.69) is 15.5 Å². The smallest absolute Gasteiger partial charge is 0.277 e. The molecule has 0 radical (unpaired) electrons. The first-order valence-electron chi connectivity index (χ1n) is 8.80. The summed E-state index contributed by atoms with van der Waals surface area (Å²) in [6.45, 7) is 5.68. The molecule has 1 saturated heterocycles. The summed E-state index contributed by atoms with van der Waals surface area (Å²) in [5, 5.41) is 10.8. The van der Waals surface area contributed by atoms with Crippen molar-refractivity contribution >= 4 is 33.2 Å². The van der Waals surface area contributed by atoms with E-state index in [1.54, 1.807) is 6.92 Å². The van der Waals surface area contributed by atoms with Gasteiger partial charge in [-0.3, -0.25) is 4.79 Å². The van der Waals surface area contributed by atoms with Gasteiger partial charge >= 0.3 is 0 Å². The van der Waals surface area contributed by atoms with Crippen LogP contribution >= 0.6 is 11.8 Å². The van der Waals surface area contributed by atoms with Crippen LogP contribution in [-0.2, 0) is 21.1 Å². The summed E-state index contributed by atoms with van der Waals surface area (Å²) in [6, 6.07) is 5.86. The van der Waals surface area contributed by atoms with Crippen LogP contribution < -0.4 is 5.32 Å². The van der Waals surface area contributed by atoms with Crippen molar-refractivity contribution < 1.29 is 17.6 Å². The Bertz CT molecular complexity index is 920. The number of rotatable bonds is 6. The predicted octanol–water partition coefficient (Wildman–Crippen LogP) is 2.78. The lowest BCUT2D eigenvalue weighted by molar-refractivity contribution is -0.115. The van der Waals surface area contributed by atoms with Gasteiger partial charge in [-0.25, -0.2) is 8.42 Å². The number of anilines is 1. The summed E-state index contributed by atoms with van der Waals surface area (Å²) in [7, 11) is -2.92. The number of hydrogen-bond acceptors (Lipinski definition) is 7. The third-order valence-corrected chi connectivity index (χ3v) is 7.39. The highest BCUT2D eigenvalue weighted by molar-refractivity contribution is 8.00. The average Bonchev–Trinajstić information content (AvgIpc) is 3.17. The number of hydrogen-bond donors (Lipinski definition) is 1. The van der Waals surface area contributed by atoms with Crippen LogP contribution in [0.15, 0.2) is 27.8 Å². The fraction of sp³-hybridized carbons (Fsp3) is 0.500. The molecule has 3 rings (SSSR count). The largest absolute Gasteiger partial charge is 0.416 e. The monoisotopic (exact) mass is 409 g/mol. The minimum atomic E-state index is -2.92. The zero-order chi connectivity index (χ0) is 19.6. The van der Waals surface area contributed by atoms with Gasteiger partial charge in [0, 0.05) is 12.1 Å². The average molecular weight is 410 g/mol. The summed E-state index contributed by atoms with van der Waals surface area (Å²) >= 11 is 1.19. The van der Waals surface area contributed by atoms with Gasteiger partial charge < -0.3 is 9.73 Å². The molecule has 1 N–H and O–H groups in total. The Hall–Kier alpha value is -1.87. The molecule has 0 saturated carbocycles. The highest BCUT2D eigenvalue weighted by Gasteiger charge is 2.29. The van der Waals surface area contributed by atoms with Gasteiger partial charge in [0.15, 0.2) is 9.84 Å². The first-order chi connectivity index (χ1) is 12.7. The van der Waals surface area contributed by atoms with Gasteiger partial charge in [-0.15, -0.1) is 10.2 Å². The predicted molar refractivity (Wildman–Crippen MR) is 105 cm³/mol. The molecule has 0 bridgehead atoms. The number of aromatic nitrogens is 2. The molecule has 0 unspecified atom stereocenters. The molecule has 7 nitrogen and oxygen atoms in total.